The second-order valence-electron chi connectivity index (χ2n) is 1.92. The maximum atomic E-state index is 4.91. The van der Waals surface area contributed by atoms with Gasteiger partial charge in [0.25, 0.3) is 6.73 Å². The van der Waals surface area contributed by atoms with Crippen molar-refractivity contribution in [3.05, 3.63) is 18.5 Å². The first-order chi connectivity index (χ1) is 4.34. The molecule has 1 heterocycles. The third-order valence-electron chi connectivity index (χ3n) is 1.23. The molecule has 1 aromatic rings. The molecular weight excluding hydrogens is 116 g/mol. The summed E-state index contributed by atoms with van der Waals surface area (Å²) in [7, 11) is 3.65. The maximum Gasteiger partial charge on any atom is 0.276 e. The van der Waals surface area contributed by atoms with Gasteiger partial charge in [-0.3, -0.25) is 0 Å². The highest BCUT2D eigenvalue weighted by Gasteiger charge is 1.99. The molecule has 1 rings (SSSR count). The second-order valence-corrected chi connectivity index (χ2v) is 1.92. The largest absolute Gasteiger partial charge is 0.325 e. The molecule has 3 nitrogen and oxygen atoms in total. The Kier molecular flexibility index (Phi) is 1.85. The summed E-state index contributed by atoms with van der Waals surface area (Å²) < 4.78 is 8.83. The predicted octanol–water partition coefficient (Wildman–Crippen LogP) is -0.0835. The van der Waals surface area contributed by atoms with Gasteiger partial charge >= 0.3 is 0 Å². The lowest BCUT2D eigenvalue weighted by molar-refractivity contribution is -0.801. The summed E-state index contributed by atoms with van der Waals surface area (Å²) in [6.07, 6.45) is 3.93. The molecule has 0 bridgehead atoms. The van der Waals surface area contributed by atoms with Gasteiger partial charge in [-0.1, -0.05) is 4.68 Å². The van der Waals surface area contributed by atoms with Crippen molar-refractivity contribution in [2.45, 2.75) is 6.73 Å². The molecule has 0 saturated heterocycles. The van der Waals surface area contributed by atoms with Crippen LogP contribution in [0.15, 0.2) is 18.5 Å². The summed E-state index contributed by atoms with van der Waals surface area (Å²) in [6.45, 7) is 0.615. The molecule has 0 aliphatic rings. The first kappa shape index (κ1) is 6.29. The minimum Gasteiger partial charge on any atom is -0.325 e. The van der Waals surface area contributed by atoms with E-state index in [1.807, 2.05) is 34.9 Å². The zero-order chi connectivity index (χ0) is 6.69. The van der Waals surface area contributed by atoms with Crippen LogP contribution < -0.4 is 4.68 Å². The molecule has 0 aliphatic carbocycles. The Hall–Kier alpha value is -0.830. The molecule has 0 amide bonds. The molecule has 0 radical (unpaired) electrons. The van der Waals surface area contributed by atoms with Crippen molar-refractivity contribution in [1.29, 1.82) is 0 Å². The quantitative estimate of drug-likeness (QED) is 0.508. The van der Waals surface area contributed by atoms with Crippen molar-refractivity contribution in [3.63, 3.8) is 0 Å². The number of ether oxygens (including phenoxy) is 1. The van der Waals surface area contributed by atoms with E-state index < -0.39 is 0 Å². The van der Waals surface area contributed by atoms with Crippen LogP contribution >= 0.6 is 0 Å². The molecule has 0 atom stereocenters. The van der Waals surface area contributed by atoms with Crippen LogP contribution in [0.3, 0.4) is 0 Å². The number of aromatic nitrogens is 2. The van der Waals surface area contributed by atoms with E-state index in [-0.39, 0.29) is 0 Å². The van der Waals surface area contributed by atoms with Crippen LogP contribution in [-0.2, 0) is 18.5 Å². The fourth-order valence-corrected chi connectivity index (χ4v) is 0.720. The van der Waals surface area contributed by atoms with Gasteiger partial charge in [0.15, 0.2) is 6.20 Å². The molecule has 0 saturated carbocycles. The molecule has 3 heteroatoms. The molecule has 0 fully saturated rings. The highest BCUT2D eigenvalue weighted by atomic mass is 16.5. The Morgan fingerprint density at radius 1 is 1.67 bits per heavy atom. The van der Waals surface area contributed by atoms with E-state index >= 15 is 0 Å². The van der Waals surface area contributed by atoms with E-state index in [1.54, 1.807) is 7.11 Å². The molecule has 0 aliphatic heterocycles. The van der Waals surface area contributed by atoms with Crippen molar-refractivity contribution < 1.29 is 9.42 Å². The summed E-state index contributed by atoms with van der Waals surface area (Å²) in [5.74, 6) is 0. The molecule has 1 aromatic heterocycles. The molecule has 0 unspecified atom stereocenters. The molecular formula is C6H11N2O+. The Balaban J connectivity index is 2.69. The van der Waals surface area contributed by atoms with Crippen LogP contribution in [0.2, 0.25) is 0 Å². The average molecular weight is 127 g/mol. The summed E-state index contributed by atoms with van der Waals surface area (Å²) in [6, 6.07) is 1.97. The Labute approximate surface area is 54.5 Å². The standard InChI is InChI=1S/C6H11N2O/c1-7-4-3-5-8(7)6-9-2/h3-5H,6H2,1-2H3/q+1. The zero-order valence-corrected chi connectivity index (χ0v) is 5.74. The Morgan fingerprint density at radius 2 is 2.44 bits per heavy atom. The molecule has 0 N–H and O–H groups in total. The van der Waals surface area contributed by atoms with Crippen molar-refractivity contribution in [1.82, 2.24) is 4.68 Å². The average Bonchev–Trinajstić information content (AvgIpc) is 2.18. The van der Waals surface area contributed by atoms with Gasteiger partial charge in [-0.2, -0.15) is 4.68 Å². The smallest absolute Gasteiger partial charge is 0.276 e. The van der Waals surface area contributed by atoms with Gasteiger partial charge in [0.1, 0.15) is 0 Å². The fourth-order valence-electron chi connectivity index (χ4n) is 0.720. The first-order valence-corrected chi connectivity index (χ1v) is 2.84. The highest BCUT2D eigenvalue weighted by Crippen LogP contribution is 1.75. The zero-order valence-electron chi connectivity index (χ0n) is 5.74. The van der Waals surface area contributed by atoms with E-state index in [1.165, 1.54) is 0 Å². The van der Waals surface area contributed by atoms with E-state index in [4.69, 9.17) is 4.74 Å². The molecule has 0 spiro atoms. The third kappa shape index (κ3) is 1.29. The van der Waals surface area contributed by atoms with Crippen molar-refractivity contribution in [3.8, 4) is 0 Å². The highest BCUT2D eigenvalue weighted by molar-refractivity contribution is 4.69. The van der Waals surface area contributed by atoms with Gasteiger partial charge in [-0.05, 0) is 0 Å². The Bertz CT molecular complexity index is 183. The van der Waals surface area contributed by atoms with Gasteiger partial charge in [0.2, 0.25) is 0 Å². The lowest BCUT2D eigenvalue weighted by Crippen LogP contribution is -2.41. The number of aryl methyl sites for hydroxylation is 1. The van der Waals surface area contributed by atoms with E-state index in [2.05, 4.69) is 0 Å². The van der Waals surface area contributed by atoms with Gasteiger partial charge in [-0.15, -0.1) is 0 Å². The van der Waals surface area contributed by atoms with E-state index in [0.717, 1.165) is 0 Å². The number of hydrogen-bond donors (Lipinski definition) is 0. The summed E-state index contributed by atoms with van der Waals surface area (Å²) >= 11 is 0. The van der Waals surface area contributed by atoms with Gasteiger partial charge in [0, 0.05) is 13.2 Å². The second kappa shape index (κ2) is 2.64. The van der Waals surface area contributed by atoms with Crippen LogP contribution in [0, 0.1) is 0 Å². The van der Waals surface area contributed by atoms with Crippen LogP contribution in [0.5, 0.6) is 0 Å². The van der Waals surface area contributed by atoms with Crippen molar-refractivity contribution >= 4 is 0 Å². The summed E-state index contributed by atoms with van der Waals surface area (Å²) in [5.41, 5.74) is 0. The number of methoxy groups -OCH3 is 1. The van der Waals surface area contributed by atoms with Gasteiger partial charge in [0.05, 0.1) is 13.2 Å². The number of hydrogen-bond acceptors (Lipinski definition) is 1. The maximum absolute atomic E-state index is 4.91. The van der Waals surface area contributed by atoms with E-state index in [0.29, 0.717) is 6.73 Å². The third-order valence-corrected chi connectivity index (χ3v) is 1.23. The fraction of sp³-hybridized carbons (Fsp3) is 0.500. The van der Waals surface area contributed by atoms with Crippen molar-refractivity contribution in [2.75, 3.05) is 7.11 Å². The summed E-state index contributed by atoms with van der Waals surface area (Å²) in [5, 5.41) is 0. The lowest BCUT2D eigenvalue weighted by Gasteiger charge is -1.92. The van der Waals surface area contributed by atoms with Crippen LogP contribution in [-0.4, -0.2) is 11.8 Å². The topological polar surface area (TPSA) is 18.0 Å². The predicted molar refractivity (Wildman–Crippen MR) is 32.6 cm³/mol. The first-order valence-electron chi connectivity index (χ1n) is 2.84. The number of nitrogens with zero attached hydrogens (tertiary/aromatic N) is 2. The Morgan fingerprint density at radius 3 is 2.89 bits per heavy atom. The van der Waals surface area contributed by atoms with Gasteiger partial charge in [-0.25, -0.2) is 0 Å². The summed E-state index contributed by atoms with van der Waals surface area (Å²) in [4.78, 5) is 0. The lowest BCUT2D eigenvalue weighted by atomic mass is 10.7. The minimum atomic E-state index is 0.615. The molecule has 9 heavy (non-hydrogen) atoms. The molecule has 0 aromatic carbocycles. The minimum absolute atomic E-state index is 0.615. The van der Waals surface area contributed by atoms with Crippen LogP contribution in [0.4, 0.5) is 0 Å². The monoisotopic (exact) mass is 127 g/mol. The van der Waals surface area contributed by atoms with Crippen LogP contribution in [0.1, 0.15) is 0 Å². The molecule has 50 valence electrons. The van der Waals surface area contributed by atoms with Gasteiger partial charge < -0.3 is 4.74 Å². The van der Waals surface area contributed by atoms with Crippen molar-refractivity contribution in [2.24, 2.45) is 7.05 Å². The normalized spacial score (nSPS) is 10.0. The number of rotatable bonds is 2. The SMILES string of the molecule is COC[n+]1cccn1C. The van der Waals surface area contributed by atoms with E-state index in [9.17, 15) is 0 Å². The van der Waals surface area contributed by atoms with Crippen LogP contribution in [0.25, 0.3) is 0 Å².